The zero-order valence-corrected chi connectivity index (χ0v) is 12.2. The Morgan fingerprint density at radius 2 is 1.85 bits per heavy atom. The average Bonchev–Trinajstić information content (AvgIpc) is 2.39. The van der Waals surface area contributed by atoms with Crippen LogP contribution in [0.1, 0.15) is 37.6 Å². The van der Waals surface area contributed by atoms with E-state index in [-0.39, 0.29) is 11.9 Å². The van der Waals surface area contributed by atoms with Crippen LogP contribution in [0.5, 0.6) is 0 Å². The van der Waals surface area contributed by atoms with E-state index in [1.807, 2.05) is 13.8 Å². The highest BCUT2D eigenvalue weighted by atomic mass is 16.5. The molecule has 5 heteroatoms. The van der Waals surface area contributed by atoms with Gasteiger partial charge in [-0.3, -0.25) is 4.79 Å². The van der Waals surface area contributed by atoms with Crippen LogP contribution in [-0.2, 0) is 9.53 Å². The van der Waals surface area contributed by atoms with Crippen LogP contribution in [0, 0.1) is 5.92 Å². The topological polar surface area (TPSA) is 81.4 Å². The number of carbonyl (C=O) groups excluding carboxylic acids is 2. The lowest BCUT2D eigenvalue weighted by atomic mass is 10.0. The van der Waals surface area contributed by atoms with E-state index in [2.05, 4.69) is 5.32 Å². The lowest BCUT2D eigenvalue weighted by Gasteiger charge is -2.14. The van der Waals surface area contributed by atoms with E-state index in [4.69, 9.17) is 10.5 Å². The molecule has 1 aromatic rings. The maximum Gasteiger partial charge on any atom is 0.338 e. The van der Waals surface area contributed by atoms with Crippen LogP contribution in [0.3, 0.4) is 0 Å². The number of hydrogen-bond donors (Lipinski definition) is 2. The van der Waals surface area contributed by atoms with Crippen LogP contribution in [0.15, 0.2) is 24.3 Å². The molecule has 1 aromatic carbocycles. The van der Waals surface area contributed by atoms with E-state index in [0.717, 1.165) is 0 Å². The van der Waals surface area contributed by atoms with Gasteiger partial charge < -0.3 is 15.8 Å². The molecule has 0 spiro atoms. The first-order valence-electron chi connectivity index (χ1n) is 6.77. The molecule has 0 saturated heterocycles. The summed E-state index contributed by atoms with van der Waals surface area (Å²) in [5.74, 6) is -0.230. The van der Waals surface area contributed by atoms with Gasteiger partial charge in [0.05, 0.1) is 18.2 Å². The number of anilines is 1. The molecule has 1 atom stereocenters. The van der Waals surface area contributed by atoms with E-state index in [1.54, 1.807) is 31.2 Å². The predicted octanol–water partition coefficient (Wildman–Crippen LogP) is 2.18. The summed E-state index contributed by atoms with van der Waals surface area (Å²) in [6, 6.07) is 6.02. The Hall–Kier alpha value is -1.88. The number of hydrogen-bond acceptors (Lipinski definition) is 4. The smallest absolute Gasteiger partial charge is 0.338 e. The van der Waals surface area contributed by atoms with Gasteiger partial charge in [0.15, 0.2) is 0 Å². The Morgan fingerprint density at radius 1 is 1.25 bits per heavy atom. The van der Waals surface area contributed by atoms with Crippen molar-refractivity contribution >= 4 is 17.6 Å². The number of benzene rings is 1. The number of amides is 1. The minimum Gasteiger partial charge on any atom is -0.462 e. The third-order valence-corrected chi connectivity index (χ3v) is 2.73. The summed E-state index contributed by atoms with van der Waals surface area (Å²) in [5.41, 5.74) is 6.87. The van der Waals surface area contributed by atoms with Crippen molar-refractivity contribution in [1.29, 1.82) is 0 Å². The molecule has 1 rings (SSSR count). The van der Waals surface area contributed by atoms with Crippen LogP contribution in [-0.4, -0.2) is 24.5 Å². The Bertz CT molecular complexity index is 455. The summed E-state index contributed by atoms with van der Waals surface area (Å²) in [7, 11) is 0. The van der Waals surface area contributed by atoms with Crippen LogP contribution in [0.4, 0.5) is 5.69 Å². The lowest BCUT2D eigenvalue weighted by Crippen LogP contribution is -2.36. The molecule has 1 amide bonds. The van der Waals surface area contributed by atoms with Crippen molar-refractivity contribution in [3.8, 4) is 0 Å². The Balaban J connectivity index is 2.61. The molecule has 5 nitrogen and oxygen atoms in total. The first-order chi connectivity index (χ1) is 9.43. The maximum absolute atomic E-state index is 11.8. The van der Waals surface area contributed by atoms with Crippen molar-refractivity contribution in [3.63, 3.8) is 0 Å². The van der Waals surface area contributed by atoms with Gasteiger partial charge in [0.25, 0.3) is 0 Å². The average molecular weight is 278 g/mol. The molecule has 110 valence electrons. The molecule has 0 saturated carbocycles. The second kappa shape index (κ2) is 7.65. The zero-order chi connectivity index (χ0) is 15.1. The summed E-state index contributed by atoms with van der Waals surface area (Å²) >= 11 is 0. The van der Waals surface area contributed by atoms with E-state index in [0.29, 0.717) is 30.2 Å². The first-order valence-corrected chi connectivity index (χ1v) is 6.77. The quantitative estimate of drug-likeness (QED) is 0.781. The number of ether oxygens (including phenoxy) is 1. The summed E-state index contributed by atoms with van der Waals surface area (Å²) in [5, 5.41) is 2.73. The highest BCUT2D eigenvalue weighted by molar-refractivity contribution is 5.95. The van der Waals surface area contributed by atoms with E-state index < -0.39 is 6.04 Å². The van der Waals surface area contributed by atoms with E-state index >= 15 is 0 Å². The summed E-state index contributed by atoms with van der Waals surface area (Å²) in [4.78, 5) is 23.3. The minimum absolute atomic E-state index is 0.220. The highest BCUT2D eigenvalue weighted by Gasteiger charge is 2.15. The molecule has 0 unspecified atom stereocenters. The monoisotopic (exact) mass is 278 g/mol. The SMILES string of the molecule is CCOC(=O)c1ccc(NC(=O)[C@@H](N)CC(C)C)cc1. The predicted molar refractivity (Wildman–Crippen MR) is 78.5 cm³/mol. The third-order valence-electron chi connectivity index (χ3n) is 2.73. The van der Waals surface area contributed by atoms with Gasteiger partial charge in [-0.15, -0.1) is 0 Å². The molecule has 0 fully saturated rings. The van der Waals surface area contributed by atoms with Gasteiger partial charge >= 0.3 is 5.97 Å². The molecule has 0 heterocycles. The Kier molecular flexibility index (Phi) is 6.18. The Morgan fingerprint density at radius 3 is 2.35 bits per heavy atom. The molecule has 0 aliphatic carbocycles. The molecule has 0 radical (unpaired) electrons. The first kappa shape index (κ1) is 16.2. The summed E-state index contributed by atoms with van der Waals surface area (Å²) < 4.78 is 4.88. The summed E-state index contributed by atoms with van der Waals surface area (Å²) in [6.07, 6.45) is 0.632. The standard InChI is InChI=1S/C15H22N2O3/c1-4-20-15(19)11-5-7-12(8-6-11)17-14(18)13(16)9-10(2)3/h5-8,10,13H,4,9,16H2,1-3H3,(H,17,18)/t13-/m0/s1. The third kappa shape index (κ3) is 5.01. The van der Waals surface area contributed by atoms with Crippen molar-refractivity contribution in [3.05, 3.63) is 29.8 Å². The van der Waals surface area contributed by atoms with Crippen LogP contribution in [0.25, 0.3) is 0 Å². The summed E-state index contributed by atoms with van der Waals surface area (Å²) in [6.45, 7) is 6.12. The van der Waals surface area contributed by atoms with Gasteiger partial charge in [-0.2, -0.15) is 0 Å². The molecule has 20 heavy (non-hydrogen) atoms. The second-order valence-electron chi connectivity index (χ2n) is 5.02. The largest absolute Gasteiger partial charge is 0.462 e. The van der Waals surface area contributed by atoms with Crippen molar-refractivity contribution in [1.82, 2.24) is 0 Å². The second-order valence-corrected chi connectivity index (χ2v) is 5.02. The highest BCUT2D eigenvalue weighted by Crippen LogP contribution is 2.12. The zero-order valence-electron chi connectivity index (χ0n) is 12.2. The van der Waals surface area contributed by atoms with Crippen molar-refractivity contribution in [2.24, 2.45) is 11.7 Å². The molecule has 0 aliphatic heterocycles. The number of carbonyl (C=O) groups is 2. The fourth-order valence-corrected chi connectivity index (χ4v) is 1.75. The lowest BCUT2D eigenvalue weighted by molar-refractivity contribution is -0.117. The van der Waals surface area contributed by atoms with E-state index in [1.165, 1.54) is 0 Å². The van der Waals surface area contributed by atoms with Gasteiger partial charge in [0.2, 0.25) is 5.91 Å². The number of nitrogens with two attached hydrogens (primary N) is 1. The van der Waals surface area contributed by atoms with Gasteiger partial charge in [0.1, 0.15) is 0 Å². The molecule has 0 bridgehead atoms. The van der Waals surface area contributed by atoms with Gasteiger partial charge in [-0.05, 0) is 43.5 Å². The van der Waals surface area contributed by atoms with Crippen LogP contribution >= 0.6 is 0 Å². The number of nitrogens with one attached hydrogen (secondary N) is 1. The molecular formula is C15H22N2O3. The van der Waals surface area contributed by atoms with E-state index in [9.17, 15) is 9.59 Å². The molecule has 0 aliphatic rings. The fourth-order valence-electron chi connectivity index (χ4n) is 1.75. The number of esters is 1. The van der Waals surface area contributed by atoms with Crippen molar-refractivity contribution < 1.29 is 14.3 Å². The molecule has 3 N–H and O–H groups in total. The maximum atomic E-state index is 11.8. The van der Waals surface area contributed by atoms with Crippen molar-refractivity contribution in [2.45, 2.75) is 33.2 Å². The minimum atomic E-state index is -0.528. The number of rotatable bonds is 6. The van der Waals surface area contributed by atoms with Gasteiger partial charge in [0, 0.05) is 5.69 Å². The van der Waals surface area contributed by atoms with Gasteiger partial charge in [-0.1, -0.05) is 13.8 Å². The van der Waals surface area contributed by atoms with Gasteiger partial charge in [-0.25, -0.2) is 4.79 Å². The Labute approximate surface area is 119 Å². The molecular weight excluding hydrogens is 256 g/mol. The van der Waals surface area contributed by atoms with Crippen LogP contribution < -0.4 is 11.1 Å². The molecule has 0 aromatic heterocycles. The normalized spacial score (nSPS) is 12.1. The van der Waals surface area contributed by atoms with Crippen molar-refractivity contribution in [2.75, 3.05) is 11.9 Å². The van der Waals surface area contributed by atoms with Crippen LogP contribution in [0.2, 0.25) is 0 Å². The fraction of sp³-hybridized carbons (Fsp3) is 0.467.